The van der Waals surface area contributed by atoms with Gasteiger partial charge in [0.15, 0.2) is 12.4 Å². The van der Waals surface area contributed by atoms with Gasteiger partial charge in [0, 0.05) is 43.9 Å². The molecule has 0 spiro atoms. The lowest BCUT2D eigenvalue weighted by Gasteiger charge is -2.37. The van der Waals surface area contributed by atoms with E-state index in [1.165, 1.54) is 4.90 Å². The van der Waals surface area contributed by atoms with Crippen molar-refractivity contribution in [3.63, 3.8) is 0 Å². The number of ether oxygens (including phenoxy) is 1. The van der Waals surface area contributed by atoms with Gasteiger partial charge in [0.05, 0.1) is 5.69 Å². The number of carbonyl (C=O) groups excluding carboxylic acids is 3. The standard InChI is InChI=1S/C23H25N3O4/c1-2-20(27)17-8-9-21-19(14-17)26(23(29)16-30-21)15-22(28)25-12-10-24(11-13-25)18-6-4-3-5-7-18/h3-9,14H,2,10-13,15-16H2,1H3. The molecule has 156 valence electrons. The summed E-state index contributed by atoms with van der Waals surface area (Å²) in [4.78, 5) is 43.0. The summed E-state index contributed by atoms with van der Waals surface area (Å²) in [5.74, 6) is 0.124. The van der Waals surface area contributed by atoms with Crippen LogP contribution in [0.15, 0.2) is 48.5 Å². The van der Waals surface area contributed by atoms with E-state index in [1.54, 1.807) is 30.0 Å². The topological polar surface area (TPSA) is 70.2 Å². The van der Waals surface area contributed by atoms with Gasteiger partial charge in [-0.15, -0.1) is 0 Å². The molecule has 0 aliphatic carbocycles. The fraction of sp³-hybridized carbons (Fsp3) is 0.348. The van der Waals surface area contributed by atoms with Crippen LogP contribution in [0.2, 0.25) is 0 Å². The van der Waals surface area contributed by atoms with Crippen LogP contribution in [0.1, 0.15) is 23.7 Å². The number of carbonyl (C=O) groups is 3. The van der Waals surface area contributed by atoms with Crippen LogP contribution < -0.4 is 14.5 Å². The van der Waals surface area contributed by atoms with Gasteiger partial charge in [0.2, 0.25) is 5.91 Å². The van der Waals surface area contributed by atoms with Crippen LogP contribution in [0.25, 0.3) is 0 Å². The minimum atomic E-state index is -0.278. The van der Waals surface area contributed by atoms with Gasteiger partial charge in [-0.1, -0.05) is 25.1 Å². The summed E-state index contributed by atoms with van der Waals surface area (Å²) >= 11 is 0. The number of piperazine rings is 1. The Labute approximate surface area is 175 Å². The summed E-state index contributed by atoms with van der Waals surface area (Å²) in [5.41, 5.74) is 2.15. The third-order valence-electron chi connectivity index (χ3n) is 5.59. The van der Waals surface area contributed by atoms with E-state index >= 15 is 0 Å². The molecule has 4 rings (SSSR count). The van der Waals surface area contributed by atoms with Crippen molar-refractivity contribution in [1.82, 2.24) is 4.90 Å². The highest BCUT2D eigenvalue weighted by atomic mass is 16.5. The normalized spacial score (nSPS) is 16.2. The Morgan fingerprint density at radius 1 is 1.00 bits per heavy atom. The summed E-state index contributed by atoms with van der Waals surface area (Å²) in [6.45, 7) is 4.34. The number of anilines is 2. The van der Waals surface area contributed by atoms with Crippen LogP contribution in [0.5, 0.6) is 5.75 Å². The van der Waals surface area contributed by atoms with Crippen molar-refractivity contribution < 1.29 is 19.1 Å². The van der Waals surface area contributed by atoms with E-state index in [-0.39, 0.29) is 30.7 Å². The SMILES string of the molecule is CCC(=O)c1ccc2c(c1)N(CC(=O)N1CCN(c3ccccc3)CC1)C(=O)CO2. The molecule has 0 aromatic heterocycles. The lowest BCUT2D eigenvalue weighted by atomic mass is 10.1. The van der Waals surface area contributed by atoms with Gasteiger partial charge in [-0.25, -0.2) is 0 Å². The molecule has 2 heterocycles. The van der Waals surface area contributed by atoms with Gasteiger partial charge in [-0.2, -0.15) is 0 Å². The van der Waals surface area contributed by atoms with Crippen LogP contribution >= 0.6 is 0 Å². The maximum Gasteiger partial charge on any atom is 0.265 e. The highest BCUT2D eigenvalue weighted by Crippen LogP contribution is 2.33. The molecular weight excluding hydrogens is 382 g/mol. The molecule has 2 aliphatic heterocycles. The Hall–Kier alpha value is -3.35. The highest BCUT2D eigenvalue weighted by molar-refractivity contribution is 6.04. The third kappa shape index (κ3) is 4.01. The predicted octanol–water partition coefficient (Wildman–Crippen LogP) is 2.35. The summed E-state index contributed by atoms with van der Waals surface area (Å²) < 4.78 is 5.49. The van der Waals surface area contributed by atoms with E-state index < -0.39 is 0 Å². The van der Waals surface area contributed by atoms with Crippen LogP contribution in [0.4, 0.5) is 11.4 Å². The fourth-order valence-corrected chi connectivity index (χ4v) is 3.84. The van der Waals surface area contributed by atoms with E-state index in [0.29, 0.717) is 36.5 Å². The Balaban J connectivity index is 1.45. The Bertz CT molecular complexity index is 952. The predicted molar refractivity (Wildman–Crippen MR) is 114 cm³/mol. The number of rotatable bonds is 5. The monoisotopic (exact) mass is 407 g/mol. The zero-order valence-corrected chi connectivity index (χ0v) is 17.0. The average Bonchev–Trinajstić information content (AvgIpc) is 2.80. The van der Waals surface area contributed by atoms with E-state index in [9.17, 15) is 14.4 Å². The first kappa shape index (κ1) is 19.9. The third-order valence-corrected chi connectivity index (χ3v) is 5.59. The fourth-order valence-electron chi connectivity index (χ4n) is 3.84. The van der Waals surface area contributed by atoms with Crippen LogP contribution in [-0.2, 0) is 9.59 Å². The van der Waals surface area contributed by atoms with Crippen LogP contribution in [-0.4, -0.2) is 61.8 Å². The first-order valence-electron chi connectivity index (χ1n) is 10.2. The largest absolute Gasteiger partial charge is 0.482 e. The van der Waals surface area contributed by atoms with Crippen molar-refractivity contribution in [2.24, 2.45) is 0 Å². The molecule has 0 N–H and O–H groups in total. The summed E-state index contributed by atoms with van der Waals surface area (Å²) in [6.07, 6.45) is 0.373. The van der Waals surface area contributed by atoms with Crippen molar-refractivity contribution in [3.8, 4) is 5.75 Å². The Morgan fingerprint density at radius 2 is 1.73 bits per heavy atom. The molecule has 2 aromatic carbocycles. The smallest absolute Gasteiger partial charge is 0.265 e. The van der Waals surface area contributed by atoms with E-state index in [2.05, 4.69) is 17.0 Å². The number of benzene rings is 2. The van der Waals surface area contributed by atoms with Crippen molar-refractivity contribution >= 4 is 29.0 Å². The number of para-hydroxylation sites is 1. The first-order chi connectivity index (χ1) is 14.6. The second kappa shape index (κ2) is 8.57. The van der Waals surface area contributed by atoms with Gasteiger partial charge in [-0.3, -0.25) is 19.3 Å². The van der Waals surface area contributed by atoms with E-state index in [0.717, 1.165) is 18.8 Å². The minimum Gasteiger partial charge on any atom is -0.482 e. The number of fused-ring (bicyclic) bond motifs is 1. The zero-order valence-electron chi connectivity index (χ0n) is 17.0. The second-order valence-electron chi connectivity index (χ2n) is 7.43. The molecule has 0 saturated carbocycles. The molecule has 2 aromatic rings. The molecule has 1 fully saturated rings. The Kier molecular flexibility index (Phi) is 5.70. The zero-order chi connectivity index (χ0) is 21.1. The van der Waals surface area contributed by atoms with E-state index in [4.69, 9.17) is 4.74 Å². The quantitative estimate of drug-likeness (QED) is 0.712. The minimum absolute atomic E-state index is 0.0147. The number of nitrogens with zero attached hydrogens (tertiary/aromatic N) is 3. The number of amides is 2. The molecule has 2 aliphatic rings. The number of Topliss-reactive ketones (excluding diaryl/α,β-unsaturated/α-hetero) is 1. The van der Waals surface area contributed by atoms with Crippen molar-refractivity contribution in [2.45, 2.75) is 13.3 Å². The molecule has 0 atom stereocenters. The molecule has 2 amide bonds. The van der Waals surface area contributed by atoms with Crippen LogP contribution in [0.3, 0.4) is 0 Å². The van der Waals surface area contributed by atoms with Gasteiger partial charge < -0.3 is 14.5 Å². The van der Waals surface area contributed by atoms with Crippen molar-refractivity contribution in [2.75, 3.05) is 49.1 Å². The van der Waals surface area contributed by atoms with Gasteiger partial charge in [0.25, 0.3) is 5.91 Å². The first-order valence-corrected chi connectivity index (χ1v) is 10.2. The lowest BCUT2D eigenvalue weighted by molar-refractivity contribution is -0.132. The van der Waals surface area contributed by atoms with E-state index in [1.807, 2.05) is 18.2 Å². The Morgan fingerprint density at radius 3 is 2.43 bits per heavy atom. The molecule has 7 nitrogen and oxygen atoms in total. The van der Waals surface area contributed by atoms with Crippen molar-refractivity contribution in [1.29, 1.82) is 0 Å². The summed E-state index contributed by atoms with van der Waals surface area (Å²) in [6, 6.07) is 15.2. The van der Waals surface area contributed by atoms with Gasteiger partial charge >= 0.3 is 0 Å². The molecule has 30 heavy (non-hydrogen) atoms. The molecule has 0 bridgehead atoms. The lowest BCUT2D eigenvalue weighted by Crippen LogP contribution is -2.53. The average molecular weight is 407 g/mol. The molecule has 0 radical (unpaired) electrons. The maximum absolute atomic E-state index is 12.9. The molecule has 1 saturated heterocycles. The number of ketones is 1. The number of hydrogen-bond acceptors (Lipinski definition) is 5. The van der Waals surface area contributed by atoms with Crippen LogP contribution in [0, 0.1) is 0 Å². The summed E-state index contributed by atoms with van der Waals surface area (Å²) in [5, 5.41) is 0. The molecular formula is C23H25N3O4. The van der Waals surface area contributed by atoms with Gasteiger partial charge in [0.1, 0.15) is 12.3 Å². The maximum atomic E-state index is 12.9. The number of hydrogen-bond donors (Lipinski definition) is 0. The molecule has 0 unspecified atom stereocenters. The van der Waals surface area contributed by atoms with Gasteiger partial charge in [-0.05, 0) is 30.3 Å². The molecule has 7 heteroatoms. The highest BCUT2D eigenvalue weighted by Gasteiger charge is 2.30. The second-order valence-corrected chi connectivity index (χ2v) is 7.43. The van der Waals surface area contributed by atoms with Crippen molar-refractivity contribution in [3.05, 3.63) is 54.1 Å². The summed E-state index contributed by atoms with van der Waals surface area (Å²) in [7, 11) is 0.